The first-order valence-corrected chi connectivity index (χ1v) is 5.56. The molecule has 17 heavy (non-hydrogen) atoms. The molecular formula is C12H17FN2O2. The highest BCUT2D eigenvalue weighted by atomic mass is 19.1. The predicted octanol–water partition coefficient (Wildman–Crippen LogP) is 2.16. The van der Waals surface area contributed by atoms with Crippen LogP contribution in [0.1, 0.15) is 19.8 Å². The van der Waals surface area contributed by atoms with E-state index in [1.54, 1.807) is 0 Å². The Morgan fingerprint density at radius 1 is 1.53 bits per heavy atom. The van der Waals surface area contributed by atoms with Gasteiger partial charge in [0.1, 0.15) is 12.4 Å². The monoisotopic (exact) mass is 240 g/mol. The highest BCUT2D eigenvalue weighted by molar-refractivity contribution is 5.92. The van der Waals surface area contributed by atoms with Gasteiger partial charge in [-0.25, -0.2) is 4.39 Å². The van der Waals surface area contributed by atoms with E-state index in [0.29, 0.717) is 12.3 Å². The molecule has 0 unspecified atom stereocenters. The normalized spacial score (nSPS) is 10.2. The molecule has 0 fully saturated rings. The molecule has 0 saturated heterocycles. The lowest BCUT2D eigenvalue weighted by Crippen LogP contribution is -2.18. The summed E-state index contributed by atoms with van der Waals surface area (Å²) in [6.07, 6.45) is 1.95. The first-order valence-electron chi connectivity index (χ1n) is 5.56. The van der Waals surface area contributed by atoms with Crippen LogP contribution in [0.3, 0.4) is 0 Å². The molecule has 1 aromatic rings. The number of halogens is 1. The summed E-state index contributed by atoms with van der Waals surface area (Å²) in [4.78, 5) is 11.4. The van der Waals surface area contributed by atoms with Crippen molar-refractivity contribution in [3.05, 3.63) is 24.0 Å². The highest BCUT2D eigenvalue weighted by Gasteiger charge is 2.04. The van der Waals surface area contributed by atoms with E-state index in [9.17, 15) is 9.18 Å². The minimum Gasteiger partial charge on any atom is -0.396 e. The number of rotatable bonds is 6. The zero-order valence-electron chi connectivity index (χ0n) is 9.83. The van der Waals surface area contributed by atoms with E-state index >= 15 is 0 Å². The molecule has 5 heteroatoms. The first-order chi connectivity index (χ1) is 8.13. The largest absolute Gasteiger partial charge is 0.396 e. The summed E-state index contributed by atoms with van der Waals surface area (Å²) < 4.78 is 18.0. The Hall–Kier alpha value is -1.62. The molecule has 0 aliphatic rings. The molecule has 0 bridgehead atoms. The molecule has 0 aliphatic carbocycles. The summed E-state index contributed by atoms with van der Waals surface area (Å²) in [5.41, 5.74) is 5.85. The zero-order valence-corrected chi connectivity index (χ0v) is 9.83. The van der Waals surface area contributed by atoms with Crippen molar-refractivity contribution < 1.29 is 13.9 Å². The van der Waals surface area contributed by atoms with Crippen LogP contribution in [-0.4, -0.2) is 19.1 Å². The molecule has 0 aromatic heterocycles. The van der Waals surface area contributed by atoms with E-state index in [1.165, 1.54) is 18.2 Å². The highest BCUT2D eigenvalue weighted by Crippen LogP contribution is 2.16. The fourth-order valence-electron chi connectivity index (χ4n) is 1.23. The summed E-state index contributed by atoms with van der Waals surface area (Å²) in [5.74, 6) is -0.769. The number of benzene rings is 1. The Morgan fingerprint density at radius 2 is 2.29 bits per heavy atom. The number of nitrogens with one attached hydrogen (secondary N) is 1. The second kappa shape index (κ2) is 6.85. The minimum atomic E-state index is -0.498. The molecule has 1 rings (SSSR count). The number of amides is 1. The van der Waals surface area contributed by atoms with Gasteiger partial charge >= 0.3 is 0 Å². The fourth-order valence-corrected chi connectivity index (χ4v) is 1.23. The van der Waals surface area contributed by atoms with E-state index in [4.69, 9.17) is 10.5 Å². The first kappa shape index (κ1) is 13.4. The number of anilines is 2. The second-order valence-electron chi connectivity index (χ2n) is 3.69. The van der Waals surface area contributed by atoms with Crippen molar-refractivity contribution in [1.82, 2.24) is 0 Å². The van der Waals surface area contributed by atoms with Gasteiger partial charge in [0.2, 0.25) is 5.91 Å². The summed E-state index contributed by atoms with van der Waals surface area (Å²) >= 11 is 0. The van der Waals surface area contributed by atoms with Gasteiger partial charge in [-0.05, 0) is 24.6 Å². The minimum absolute atomic E-state index is 0.00270. The van der Waals surface area contributed by atoms with Crippen LogP contribution in [0.2, 0.25) is 0 Å². The Labute approximate surface area is 100.0 Å². The summed E-state index contributed by atoms with van der Waals surface area (Å²) in [6, 6.07) is 4.04. The number of ether oxygens (including phenoxy) is 1. The van der Waals surface area contributed by atoms with Gasteiger partial charge in [-0.3, -0.25) is 4.79 Å². The molecule has 94 valence electrons. The molecule has 3 N–H and O–H groups in total. The fraction of sp³-hybridized carbons (Fsp3) is 0.417. The second-order valence-corrected chi connectivity index (χ2v) is 3.69. The molecular weight excluding hydrogens is 223 g/mol. The predicted molar refractivity (Wildman–Crippen MR) is 65.2 cm³/mol. The Kier molecular flexibility index (Phi) is 5.42. The number of hydrogen-bond donors (Lipinski definition) is 2. The van der Waals surface area contributed by atoms with Crippen LogP contribution in [0.25, 0.3) is 0 Å². The number of carbonyl (C=O) groups is 1. The summed E-state index contributed by atoms with van der Waals surface area (Å²) in [5, 5.41) is 2.58. The molecule has 0 spiro atoms. The maximum atomic E-state index is 12.9. The molecule has 1 aromatic carbocycles. The number of unbranched alkanes of at least 4 members (excludes halogenated alkanes) is 1. The molecule has 0 aliphatic heterocycles. The van der Waals surface area contributed by atoms with Crippen LogP contribution in [0.4, 0.5) is 15.8 Å². The van der Waals surface area contributed by atoms with E-state index in [-0.39, 0.29) is 18.2 Å². The number of nitrogens with two attached hydrogens (primary N) is 1. The van der Waals surface area contributed by atoms with Crippen molar-refractivity contribution in [3.8, 4) is 0 Å². The van der Waals surface area contributed by atoms with Crippen molar-refractivity contribution >= 4 is 17.3 Å². The van der Waals surface area contributed by atoms with Gasteiger partial charge in [-0.1, -0.05) is 13.3 Å². The van der Waals surface area contributed by atoms with Crippen molar-refractivity contribution in [2.45, 2.75) is 19.8 Å². The van der Waals surface area contributed by atoms with E-state index in [0.717, 1.165) is 12.8 Å². The van der Waals surface area contributed by atoms with Gasteiger partial charge < -0.3 is 15.8 Å². The average Bonchev–Trinajstić information content (AvgIpc) is 2.30. The van der Waals surface area contributed by atoms with Crippen LogP contribution < -0.4 is 11.1 Å². The van der Waals surface area contributed by atoms with E-state index in [2.05, 4.69) is 5.32 Å². The average molecular weight is 240 g/mol. The van der Waals surface area contributed by atoms with Crippen LogP contribution in [0.5, 0.6) is 0 Å². The third-order valence-corrected chi connectivity index (χ3v) is 2.16. The molecule has 0 heterocycles. The molecule has 1 amide bonds. The molecule has 0 atom stereocenters. The quantitative estimate of drug-likeness (QED) is 0.591. The van der Waals surface area contributed by atoms with Crippen LogP contribution in [0, 0.1) is 5.82 Å². The maximum Gasteiger partial charge on any atom is 0.250 e. The summed E-state index contributed by atoms with van der Waals surface area (Å²) in [7, 11) is 0. The Morgan fingerprint density at radius 3 is 2.94 bits per heavy atom. The smallest absolute Gasteiger partial charge is 0.250 e. The van der Waals surface area contributed by atoms with Gasteiger partial charge in [-0.2, -0.15) is 0 Å². The van der Waals surface area contributed by atoms with Crippen molar-refractivity contribution in [2.75, 3.05) is 24.3 Å². The third kappa shape index (κ3) is 4.82. The van der Waals surface area contributed by atoms with Crippen molar-refractivity contribution in [2.24, 2.45) is 0 Å². The van der Waals surface area contributed by atoms with Crippen LogP contribution in [-0.2, 0) is 9.53 Å². The van der Waals surface area contributed by atoms with Crippen molar-refractivity contribution in [1.29, 1.82) is 0 Å². The summed E-state index contributed by atoms with van der Waals surface area (Å²) in [6.45, 7) is 2.61. The number of nitrogen functional groups attached to an aromatic ring is 1. The number of hydrogen-bond acceptors (Lipinski definition) is 3. The lowest BCUT2D eigenvalue weighted by atomic mass is 10.2. The number of carbonyl (C=O) groups excluding carboxylic acids is 1. The van der Waals surface area contributed by atoms with Gasteiger partial charge in [0, 0.05) is 12.3 Å². The molecule has 0 saturated carbocycles. The SMILES string of the molecule is CCCCOCC(=O)Nc1ccc(F)c(N)c1. The van der Waals surface area contributed by atoms with Crippen molar-refractivity contribution in [3.63, 3.8) is 0 Å². The Balaban J connectivity index is 2.37. The van der Waals surface area contributed by atoms with E-state index < -0.39 is 5.82 Å². The topological polar surface area (TPSA) is 64.3 Å². The van der Waals surface area contributed by atoms with Gasteiger partial charge in [0.25, 0.3) is 0 Å². The van der Waals surface area contributed by atoms with Gasteiger partial charge in [0.15, 0.2) is 0 Å². The van der Waals surface area contributed by atoms with Gasteiger partial charge in [-0.15, -0.1) is 0 Å². The molecule has 4 nitrogen and oxygen atoms in total. The van der Waals surface area contributed by atoms with Crippen LogP contribution >= 0.6 is 0 Å². The Bertz CT molecular complexity index is 383. The zero-order chi connectivity index (χ0) is 12.7. The van der Waals surface area contributed by atoms with Gasteiger partial charge in [0.05, 0.1) is 5.69 Å². The third-order valence-electron chi connectivity index (χ3n) is 2.16. The lowest BCUT2D eigenvalue weighted by molar-refractivity contribution is -0.120. The van der Waals surface area contributed by atoms with Crippen LogP contribution in [0.15, 0.2) is 18.2 Å². The maximum absolute atomic E-state index is 12.9. The molecule has 0 radical (unpaired) electrons. The van der Waals surface area contributed by atoms with E-state index in [1.807, 2.05) is 6.92 Å². The lowest BCUT2D eigenvalue weighted by Gasteiger charge is -2.07. The standard InChI is InChI=1S/C12H17FN2O2/c1-2-3-6-17-8-12(16)15-9-4-5-10(13)11(14)7-9/h4-5,7H,2-3,6,8,14H2,1H3,(H,15,16).